The number of aromatic amines is 1. The highest BCUT2D eigenvalue weighted by atomic mass is 16.1. The largest absolute Gasteiger partial charge is 0.345 e. The highest BCUT2D eigenvalue weighted by Gasteiger charge is 2.05. The van der Waals surface area contributed by atoms with E-state index in [1.54, 1.807) is 22.9 Å². The predicted octanol–water partition coefficient (Wildman–Crippen LogP) is 0.447. The van der Waals surface area contributed by atoms with Crippen molar-refractivity contribution in [1.82, 2.24) is 19.7 Å². The molecule has 0 aliphatic heterocycles. The summed E-state index contributed by atoms with van der Waals surface area (Å²) in [6.45, 7) is 0.445. The molecule has 0 fully saturated rings. The number of amides is 1. The molecule has 0 aliphatic rings. The normalized spacial score (nSPS) is 10.1. The summed E-state index contributed by atoms with van der Waals surface area (Å²) in [5.41, 5.74) is 0.553. The van der Waals surface area contributed by atoms with E-state index in [1.807, 2.05) is 0 Å². The Bertz CT molecular complexity index is 503. The molecule has 1 amide bonds. The quantitative estimate of drug-likeness (QED) is 0.733. The number of hydrogen-bond acceptors (Lipinski definition) is 4. The molecule has 0 atom stereocenters. The molecule has 2 rings (SSSR count). The number of anilines is 1. The van der Waals surface area contributed by atoms with Gasteiger partial charge >= 0.3 is 0 Å². The second kappa shape index (κ2) is 5.06. The third-order valence-corrected chi connectivity index (χ3v) is 2.24. The monoisotopic (exact) mass is 233 g/mol. The topological polar surface area (TPSA) is 92.7 Å². The van der Waals surface area contributed by atoms with Gasteiger partial charge in [0.05, 0.1) is 5.69 Å². The molecule has 0 aliphatic carbocycles. The molecule has 0 saturated heterocycles. The molecule has 2 aromatic heterocycles. The first-order valence-corrected chi connectivity index (χ1v) is 5.05. The zero-order chi connectivity index (χ0) is 12.1. The van der Waals surface area contributed by atoms with Crippen LogP contribution in [0.25, 0.3) is 0 Å². The number of carbonyl (C=O) groups is 2. The zero-order valence-corrected chi connectivity index (χ0v) is 8.96. The van der Waals surface area contributed by atoms with E-state index in [9.17, 15) is 9.59 Å². The van der Waals surface area contributed by atoms with Gasteiger partial charge in [-0.2, -0.15) is 10.1 Å². The van der Waals surface area contributed by atoms with Crippen molar-refractivity contribution >= 4 is 18.1 Å². The third kappa shape index (κ3) is 2.77. The fraction of sp³-hybridized carbons (Fsp3) is 0.200. The van der Waals surface area contributed by atoms with E-state index in [0.29, 0.717) is 18.2 Å². The Labute approximate surface area is 96.9 Å². The molecule has 0 saturated carbocycles. The molecule has 17 heavy (non-hydrogen) atoms. The predicted molar refractivity (Wildman–Crippen MR) is 59.4 cm³/mol. The van der Waals surface area contributed by atoms with Crippen LogP contribution in [-0.2, 0) is 11.3 Å². The molecule has 0 radical (unpaired) electrons. The van der Waals surface area contributed by atoms with Crippen LogP contribution in [0.4, 0.5) is 5.95 Å². The summed E-state index contributed by atoms with van der Waals surface area (Å²) in [5, 5.41) is 8.69. The van der Waals surface area contributed by atoms with Crippen LogP contribution in [0.2, 0.25) is 0 Å². The second-order valence-corrected chi connectivity index (χ2v) is 3.38. The average molecular weight is 233 g/mol. The lowest BCUT2D eigenvalue weighted by molar-refractivity contribution is -0.116. The van der Waals surface area contributed by atoms with Crippen molar-refractivity contribution in [1.29, 1.82) is 0 Å². The number of hydrogen-bond donors (Lipinski definition) is 2. The van der Waals surface area contributed by atoms with Gasteiger partial charge < -0.3 is 4.57 Å². The van der Waals surface area contributed by atoms with Crippen molar-refractivity contribution in [3.8, 4) is 0 Å². The van der Waals surface area contributed by atoms with Gasteiger partial charge in [-0.25, -0.2) is 5.10 Å². The lowest BCUT2D eigenvalue weighted by atomic mass is 10.4. The average Bonchev–Trinajstić information content (AvgIpc) is 2.96. The van der Waals surface area contributed by atoms with Gasteiger partial charge in [-0.3, -0.25) is 14.9 Å². The minimum absolute atomic E-state index is 0.188. The van der Waals surface area contributed by atoms with Crippen molar-refractivity contribution < 1.29 is 9.59 Å². The molecular weight excluding hydrogens is 222 g/mol. The number of nitrogens with zero attached hydrogens (tertiary/aromatic N) is 3. The summed E-state index contributed by atoms with van der Waals surface area (Å²) in [7, 11) is 0. The maximum Gasteiger partial charge on any atom is 0.228 e. The maximum absolute atomic E-state index is 11.5. The number of H-pyrrole nitrogens is 1. The maximum atomic E-state index is 11.5. The van der Waals surface area contributed by atoms with Gasteiger partial charge in [-0.05, 0) is 12.1 Å². The third-order valence-electron chi connectivity index (χ3n) is 2.24. The molecule has 7 heteroatoms. The number of rotatable bonds is 5. The smallest absolute Gasteiger partial charge is 0.228 e. The molecular formula is C10H11N5O2. The van der Waals surface area contributed by atoms with Crippen molar-refractivity contribution in [2.24, 2.45) is 0 Å². The molecule has 7 nitrogen and oxygen atoms in total. The Morgan fingerprint density at radius 3 is 3.18 bits per heavy atom. The van der Waals surface area contributed by atoms with Gasteiger partial charge in [0.25, 0.3) is 0 Å². The number of nitrogens with one attached hydrogen (secondary N) is 2. The van der Waals surface area contributed by atoms with E-state index in [1.165, 1.54) is 6.33 Å². The van der Waals surface area contributed by atoms with E-state index in [0.717, 1.165) is 6.29 Å². The molecule has 0 bridgehead atoms. The Kier molecular flexibility index (Phi) is 3.29. The van der Waals surface area contributed by atoms with E-state index in [4.69, 9.17) is 0 Å². The Balaban J connectivity index is 1.86. The summed E-state index contributed by atoms with van der Waals surface area (Å²) in [6, 6.07) is 3.46. The molecule has 0 spiro atoms. The van der Waals surface area contributed by atoms with E-state index in [-0.39, 0.29) is 12.3 Å². The summed E-state index contributed by atoms with van der Waals surface area (Å²) >= 11 is 0. The molecule has 0 unspecified atom stereocenters. The molecule has 2 N–H and O–H groups in total. The summed E-state index contributed by atoms with van der Waals surface area (Å²) in [4.78, 5) is 25.9. The van der Waals surface area contributed by atoms with E-state index in [2.05, 4.69) is 20.5 Å². The fourth-order valence-corrected chi connectivity index (χ4v) is 1.42. The van der Waals surface area contributed by atoms with Gasteiger partial charge in [0.15, 0.2) is 6.29 Å². The van der Waals surface area contributed by atoms with Crippen molar-refractivity contribution in [3.63, 3.8) is 0 Å². The zero-order valence-electron chi connectivity index (χ0n) is 8.96. The molecule has 0 aromatic carbocycles. The lowest BCUT2D eigenvalue weighted by Crippen LogP contribution is -2.15. The fourth-order valence-electron chi connectivity index (χ4n) is 1.42. The van der Waals surface area contributed by atoms with Crippen molar-refractivity contribution in [3.05, 3.63) is 30.4 Å². The first-order valence-electron chi connectivity index (χ1n) is 5.05. The summed E-state index contributed by atoms with van der Waals surface area (Å²) in [6.07, 6.45) is 4.09. The van der Waals surface area contributed by atoms with Gasteiger partial charge in [0.2, 0.25) is 11.9 Å². The Hall–Kier alpha value is -2.44. The molecule has 88 valence electrons. The highest BCUT2D eigenvalue weighted by Crippen LogP contribution is 2.02. The van der Waals surface area contributed by atoms with Crippen LogP contribution in [0.1, 0.15) is 16.9 Å². The van der Waals surface area contributed by atoms with Gasteiger partial charge in [-0.1, -0.05) is 0 Å². The minimum atomic E-state index is -0.188. The van der Waals surface area contributed by atoms with Crippen LogP contribution in [-0.4, -0.2) is 31.9 Å². The summed E-state index contributed by atoms with van der Waals surface area (Å²) in [5.74, 6) is 0.130. The first-order chi connectivity index (χ1) is 8.29. The lowest BCUT2D eigenvalue weighted by Gasteiger charge is -2.04. The van der Waals surface area contributed by atoms with Gasteiger partial charge in [0, 0.05) is 19.2 Å². The number of carbonyl (C=O) groups excluding carboxylic acids is 2. The van der Waals surface area contributed by atoms with Gasteiger partial charge in [0.1, 0.15) is 6.33 Å². The van der Waals surface area contributed by atoms with Crippen molar-refractivity contribution in [2.45, 2.75) is 13.0 Å². The minimum Gasteiger partial charge on any atom is -0.345 e. The summed E-state index contributed by atoms with van der Waals surface area (Å²) < 4.78 is 1.72. The van der Waals surface area contributed by atoms with Crippen LogP contribution in [0, 0.1) is 0 Å². The SMILES string of the molecule is O=Cc1cccn1CCC(=O)Nc1ncn[nH]1. The van der Waals surface area contributed by atoms with Crippen LogP contribution in [0.3, 0.4) is 0 Å². The van der Waals surface area contributed by atoms with Crippen LogP contribution >= 0.6 is 0 Å². The Morgan fingerprint density at radius 2 is 2.47 bits per heavy atom. The van der Waals surface area contributed by atoms with E-state index >= 15 is 0 Å². The van der Waals surface area contributed by atoms with Gasteiger partial charge in [-0.15, -0.1) is 0 Å². The Morgan fingerprint density at radius 1 is 1.59 bits per heavy atom. The standard InChI is InChI=1S/C10H11N5O2/c16-6-8-2-1-4-15(8)5-3-9(17)13-10-11-7-12-14-10/h1-2,4,6-7H,3,5H2,(H2,11,12,13,14,17). The van der Waals surface area contributed by atoms with Crippen LogP contribution in [0.5, 0.6) is 0 Å². The molecule has 2 heterocycles. The highest BCUT2D eigenvalue weighted by molar-refractivity contribution is 5.88. The second-order valence-electron chi connectivity index (χ2n) is 3.38. The number of aryl methyl sites for hydroxylation is 1. The first kappa shape index (κ1) is 11.1. The number of aromatic nitrogens is 4. The van der Waals surface area contributed by atoms with E-state index < -0.39 is 0 Å². The number of aldehydes is 1. The van der Waals surface area contributed by atoms with Crippen LogP contribution in [0.15, 0.2) is 24.7 Å². The van der Waals surface area contributed by atoms with Crippen molar-refractivity contribution in [2.75, 3.05) is 5.32 Å². The van der Waals surface area contributed by atoms with Crippen LogP contribution < -0.4 is 5.32 Å². The molecule has 2 aromatic rings.